The Morgan fingerprint density at radius 2 is 1.86 bits per heavy atom. The first-order valence-corrected chi connectivity index (χ1v) is 9.23. The molecule has 3 aromatic rings. The van der Waals surface area contributed by atoms with Crippen molar-refractivity contribution < 1.29 is 14.1 Å². The number of imidazole rings is 1. The van der Waals surface area contributed by atoms with Crippen LogP contribution in [-0.2, 0) is 13.0 Å². The van der Waals surface area contributed by atoms with E-state index in [0.717, 1.165) is 24.1 Å². The molecule has 144 valence electrons. The Balaban J connectivity index is 1.61. The van der Waals surface area contributed by atoms with Crippen molar-refractivity contribution in [3.8, 4) is 0 Å². The highest BCUT2D eigenvalue weighted by atomic mass is 16.5. The molecule has 0 aliphatic carbocycles. The largest absolute Gasteiger partial charge is 0.360 e. The summed E-state index contributed by atoms with van der Waals surface area (Å²) >= 11 is 0. The Morgan fingerprint density at radius 3 is 2.57 bits per heavy atom. The van der Waals surface area contributed by atoms with Crippen LogP contribution in [0.1, 0.15) is 51.0 Å². The smallest absolute Gasteiger partial charge is 0.292 e. The van der Waals surface area contributed by atoms with Gasteiger partial charge in [0, 0.05) is 18.3 Å². The quantitative estimate of drug-likeness (QED) is 0.724. The topological polar surface area (TPSA) is 102 Å². The van der Waals surface area contributed by atoms with Crippen LogP contribution in [0.15, 0.2) is 34.9 Å². The van der Waals surface area contributed by atoms with Crippen LogP contribution in [-0.4, -0.2) is 26.5 Å². The fraction of sp³-hybridized carbons (Fsp3) is 0.300. The molecule has 0 saturated carbocycles. The molecule has 1 aliphatic heterocycles. The van der Waals surface area contributed by atoms with Gasteiger partial charge < -0.3 is 19.7 Å². The summed E-state index contributed by atoms with van der Waals surface area (Å²) in [5.74, 6) is 0.404. The summed E-state index contributed by atoms with van der Waals surface area (Å²) in [6.45, 7) is 4.38. The van der Waals surface area contributed by atoms with Crippen LogP contribution < -0.4 is 10.6 Å². The minimum Gasteiger partial charge on any atom is -0.360 e. The second-order valence-corrected chi connectivity index (χ2v) is 6.94. The van der Waals surface area contributed by atoms with Crippen molar-refractivity contribution >= 4 is 23.3 Å². The fourth-order valence-corrected chi connectivity index (χ4v) is 3.32. The van der Waals surface area contributed by atoms with Crippen molar-refractivity contribution in [2.75, 3.05) is 10.6 Å². The van der Waals surface area contributed by atoms with Crippen LogP contribution >= 0.6 is 0 Å². The number of carbonyl (C=O) groups is 2. The summed E-state index contributed by atoms with van der Waals surface area (Å²) in [6, 6.07) is 9.17. The van der Waals surface area contributed by atoms with E-state index in [4.69, 9.17) is 4.52 Å². The number of nitrogens with zero attached hydrogens (tertiary/aromatic N) is 3. The van der Waals surface area contributed by atoms with Crippen molar-refractivity contribution in [3.63, 3.8) is 0 Å². The molecular weight excluding hydrogens is 358 g/mol. The highest BCUT2D eigenvalue weighted by Crippen LogP contribution is 2.23. The predicted octanol–water partition coefficient (Wildman–Crippen LogP) is 3.33. The van der Waals surface area contributed by atoms with E-state index in [9.17, 15) is 9.59 Å². The second-order valence-electron chi connectivity index (χ2n) is 6.94. The molecule has 0 atom stereocenters. The average molecular weight is 379 g/mol. The van der Waals surface area contributed by atoms with Crippen LogP contribution in [0.2, 0.25) is 0 Å². The molecule has 0 unspecified atom stereocenters. The molecule has 0 saturated heterocycles. The third-order valence-electron chi connectivity index (χ3n) is 4.72. The van der Waals surface area contributed by atoms with Gasteiger partial charge in [0.15, 0.2) is 17.3 Å². The van der Waals surface area contributed by atoms with E-state index < -0.39 is 5.91 Å². The first-order chi connectivity index (χ1) is 13.5. The highest BCUT2D eigenvalue weighted by molar-refractivity contribution is 6.06. The third kappa shape index (κ3) is 3.53. The normalized spacial score (nSPS) is 13.1. The number of amides is 2. The summed E-state index contributed by atoms with van der Waals surface area (Å²) < 4.78 is 6.81. The maximum absolute atomic E-state index is 12.8. The molecule has 0 spiro atoms. The van der Waals surface area contributed by atoms with Gasteiger partial charge in [0.1, 0.15) is 5.76 Å². The summed E-state index contributed by atoms with van der Waals surface area (Å²) in [5.41, 5.74) is 2.88. The van der Waals surface area contributed by atoms with Gasteiger partial charge in [-0.25, -0.2) is 4.98 Å². The lowest BCUT2D eigenvalue weighted by Crippen LogP contribution is -2.21. The van der Waals surface area contributed by atoms with Gasteiger partial charge in [-0.05, 0) is 45.2 Å². The molecule has 28 heavy (non-hydrogen) atoms. The Kier molecular flexibility index (Phi) is 4.68. The number of rotatable bonds is 4. The summed E-state index contributed by atoms with van der Waals surface area (Å²) in [4.78, 5) is 29.9. The zero-order valence-corrected chi connectivity index (χ0v) is 15.8. The van der Waals surface area contributed by atoms with Crippen molar-refractivity contribution in [3.05, 3.63) is 58.9 Å². The zero-order chi connectivity index (χ0) is 19.7. The van der Waals surface area contributed by atoms with Gasteiger partial charge in [0.05, 0.1) is 5.69 Å². The maximum atomic E-state index is 12.8. The molecule has 2 aromatic heterocycles. The highest BCUT2D eigenvalue weighted by Gasteiger charge is 2.28. The minimum atomic E-state index is -0.411. The fourth-order valence-electron chi connectivity index (χ4n) is 3.32. The van der Waals surface area contributed by atoms with Crippen LogP contribution in [0, 0.1) is 13.8 Å². The number of anilines is 2. The number of hydrogen-bond donors (Lipinski definition) is 2. The van der Waals surface area contributed by atoms with E-state index in [0.29, 0.717) is 35.9 Å². The number of benzene rings is 1. The Labute approximate surface area is 161 Å². The van der Waals surface area contributed by atoms with Gasteiger partial charge in [0.25, 0.3) is 11.8 Å². The van der Waals surface area contributed by atoms with Gasteiger partial charge in [-0.2, -0.15) is 0 Å². The van der Waals surface area contributed by atoms with Gasteiger partial charge in [-0.15, -0.1) is 0 Å². The second kappa shape index (κ2) is 7.30. The molecule has 8 nitrogen and oxygen atoms in total. The van der Waals surface area contributed by atoms with Crippen molar-refractivity contribution in [1.29, 1.82) is 0 Å². The molecule has 2 amide bonds. The molecule has 2 N–H and O–H groups in total. The number of aromatic nitrogens is 3. The predicted molar refractivity (Wildman–Crippen MR) is 103 cm³/mol. The number of carbonyl (C=O) groups excluding carboxylic acids is 2. The molecule has 3 heterocycles. The Morgan fingerprint density at radius 1 is 1.07 bits per heavy atom. The first-order valence-electron chi connectivity index (χ1n) is 9.23. The van der Waals surface area contributed by atoms with Crippen molar-refractivity contribution in [2.24, 2.45) is 0 Å². The third-order valence-corrected chi connectivity index (χ3v) is 4.72. The Bertz CT molecular complexity index is 1030. The lowest BCUT2D eigenvalue weighted by atomic mass is 10.1. The van der Waals surface area contributed by atoms with Gasteiger partial charge >= 0.3 is 0 Å². The van der Waals surface area contributed by atoms with E-state index >= 15 is 0 Å². The minimum absolute atomic E-state index is 0.212. The van der Waals surface area contributed by atoms with E-state index in [-0.39, 0.29) is 11.7 Å². The zero-order valence-electron chi connectivity index (χ0n) is 15.8. The van der Waals surface area contributed by atoms with Crippen molar-refractivity contribution in [2.45, 2.75) is 39.7 Å². The number of aryl methyl sites for hydroxylation is 2. The SMILES string of the molecule is Cc1ccc(NC(=O)c2nc(C(=O)Nc3cc(C)on3)n3c2CCCC3)cc1. The van der Waals surface area contributed by atoms with Gasteiger partial charge in [0.2, 0.25) is 0 Å². The Hall–Kier alpha value is -3.42. The number of fused-ring (bicyclic) bond motifs is 1. The average Bonchev–Trinajstić information content (AvgIpc) is 3.27. The number of nitrogens with one attached hydrogen (secondary N) is 2. The monoisotopic (exact) mass is 379 g/mol. The molecule has 8 heteroatoms. The summed E-state index contributed by atoms with van der Waals surface area (Å²) in [5, 5.41) is 9.32. The van der Waals surface area contributed by atoms with E-state index in [1.54, 1.807) is 13.0 Å². The molecule has 1 aromatic carbocycles. The van der Waals surface area contributed by atoms with Crippen molar-refractivity contribution in [1.82, 2.24) is 14.7 Å². The van der Waals surface area contributed by atoms with Gasteiger partial charge in [-0.1, -0.05) is 22.9 Å². The van der Waals surface area contributed by atoms with Crippen LogP contribution in [0.4, 0.5) is 11.5 Å². The molecular formula is C20H21N5O3. The molecule has 0 fully saturated rings. The lowest BCUT2D eigenvalue weighted by Gasteiger charge is -2.16. The maximum Gasteiger partial charge on any atom is 0.292 e. The van der Waals surface area contributed by atoms with E-state index in [1.165, 1.54) is 0 Å². The van der Waals surface area contributed by atoms with Crippen LogP contribution in [0.5, 0.6) is 0 Å². The molecule has 1 aliphatic rings. The van der Waals surface area contributed by atoms with Gasteiger partial charge in [-0.3, -0.25) is 9.59 Å². The molecule has 0 radical (unpaired) electrons. The lowest BCUT2D eigenvalue weighted by molar-refractivity contribution is 0.101. The molecule has 4 rings (SSSR count). The van der Waals surface area contributed by atoms with E-state index in [1.807, 2.05) is 35.8 Å². The standard InChI is InChI=1S/C20H21N5O3/c1-12-6-8-14(9-7-12)21-19(26)17-15-5-3-4-10-25(15)18(23-17)20(27)22-16-11-13(2)28-24-16/h6-9,11H,3-5,10H2,1-2H3,(H,21,26)(H,22,24,27). The van der Waals surface area contributed by atoms with Crippen LogP contribution in [0.3, 0.4) is 0 Å². The van der Waals surface area contributed by atoms with Crippen LogP contribution in [0.25, 0.3) is 0 Å². The number of hydrogen-bond acceptors (Lipinski definition) is 5. The summed E-state index contributed by atoms with van der Waals surface area (Å²) in [6.07, 6.45) is 2.60. The first kappa shape index (κ1) is 18.0. The molecule has 0 bridgehead atoms. The van der Waals surface area contributed by atoms with E-state index in [2.05, 4.69) is 20.8 Å². The summed E-state index contributed by atoms with van der Waals surface area (Å²) in [7, 11) is 0.